The van der Waals surface area contributed by atoms with E-state index in [1.165, 1.54) is 51.4 Å². The maximum atomic E-state index is 12.5. The monoisotopic (exact) mass is 794 g/mol. The fraction of sp³-hybridized carbons (Fsp3) is 0.875. The minimum Gasteiger partial charge on any atom is -0.466 e. The van der Waals surface area contributed by atoms with Crippen molar-refractivity contribution in [1.82, 2.24) is 4.90 Å². The van der Waals surface area contributed by atoms with Gasteiger partial charge in [0.1, 0.15) is 0 Å². The molecule has 0 fully saturated rings. The number of allylic oxidation sites excluding steroid dienone is 4. The van der Waals surface area contributed by atoms with Crippen LogP contribution in [0.2, 0.25) is 0 Å². The Hall–Kier alpha value is -1.74. The van der Waals surface area contributed by atoms with Gasteiger partial charge < -0.3 is 29.0 Å². The maximum Gasteiger partial charge on any atom is 0.305 e. The van der Waals surface area contributed by atoms with Crippen LogP contribution >= 0.6 is 0 Å². The lowest BCUT2D eigenvalue weighted by Crippen LogP contribution is -2.28. The van der Waals surface area contributed by atoms with Gasteiger partial charge in [0.15, 0.2) is 6.29 Å². The number of hydrogen-bond acceptors (Lipinski definition) is 8. The van der Waals surface area contributed by atoms with Crippen LogP contribution < -0.4 is 0 Å². The number of ether oxygens (including phenoxy) is 4. The number of esters is 2. The second-order valence-corrected chi connectivity index (χ2v) is 15.6. The Kier molecular flexibility index (Phi) is 44.5. The van der Waals surface area contributed by atoms with Crippen molar-refractivity contribution in [3.05, 3.63) is 24.3 Å². The highest BCUT2D eigenvalue weighted by Crippen LogP contribution is 2.13. The number of carbonyl (C=O) groups excluding carboxylic acids is 2. The summed E-state index contributed by atoms with van der Waals surface area (Å²) in [6, 6.07) is 0. The molecular weight excluding hydrogens is 703 g/mol. The molecule has 0 heterocycles. The van der Waals surface area contributed by atoms with Crippen molar-refractivity contribution in [3.8, 4) is 0 Å². The van der Waals surface area contributed by atoms with E-state index in [1.54, 1.807) is 0 Å². The Morgan fingerprint density at radius 3 is 1.43 bits per heavy atom. The van der Waals surface area contributed by atoms with Crippen LogP contribution in [0.25, 0.3) is 0 Å². The average molecular weight is 794 g/mol. The predicted octanol–water partition coefficient (Wildman–Crippen LogP) is 12.6. The summed E-state index contributed by atoms with van der Waals surface area (Å²) in [7, 11) is 0. The second kappa shape index (κ2) is 46.0. The quantitative estimate of drug-likeness (QED) is 0.0282. The van der Waals surface area contributed by atoms with Crippen molar-refractivity contribution in [1.29, 1.82) is 0 Å². The summed E-state index contributed by atoms with van der Waals surface area (Å²) < 4.78 is 23.2. The Bertz CT molecular complexity index is 854. The normalized spacial score (nSPS) is 11.9. The van der Waals surface area contributed by atoms with Crippen LogP contribution in [0.1, 0.15) is 213 Å². The van der Waals surface area contributed by atoms with Crippen molar-refractivity contribution in [2.45, 2.75) is 220 Å². The molecule has 0 aromatic heterocycles. The van der Waals surface area contributed by atoms with Crippen molar-refractivity contribution in [2.75, 3.05) is 52.7 Å². The summed E-state index contributed by atoms with van der Waals surface area (Å²) in [4.78, 5) is 27.0. The number of aliphatic hydroxyl groups is 1. The van der Waals surface area contributed by atoms with Crippen LogP contribution in [-0.4, -0.2) is 80.9 Å². The van der Waals surface area contributed by atoms with Gasteiger partial charge in [0.05, 0.1) is 19.6 Å². The fourth-order valence-corrected chi connectivity index (χ4v) is 6.66. The van der Waals surface area contributed by atoms with E-state index in [2.05, 4.69) is 50.0 Å². The number of nitrogens with zero attached hydrogens (tertiary/aromatic N) is 1. The van der Waals surface area contributed by atoms with Gasteiger partial charge >= 0.3 is 11.9 Å². The smallest absolute Gasteiger partial charge is 0.305 e. The van der Waals surface area contributed by atoms with Gasteiger partial charge in [-0.25, -0.2) is 0 Å². The molecule has 8 nitrogen and oxygen atoms in total. The summed E-state index contributed by atoms with van der Waals surface area (Å²) in [5.41, 5.74) is 0. The first-order valence-corrected chi connectivity index (χ1v) is 23.7. The summed E-state index contributed by atoms with van der Waals surface area (Å²) in [5.74, 6) is -0.203. The van der Waals surface area contributed by atoms with E-state index in [4.69, 9.17) is 18.9 Å². The van der Waals surface area contributed by atoms with Crippen LogP contribution in [0, 0.1) is 0 Å². The van der Waals surface area contributed by atoms with Crippen molar-refractivity contribution in [3.63, 3.8) is 0 Å². The highest BCUT2D eigenvalue weighted by molar-refractivity contribution is 5.69. The number of unbranched alkanes of at least 4 members (excludes halogenated alkanes) is 19. The third kappa shape index (κ3) is 41.9. The number of aliphatic hydroxyl groups excluding tert-OH is 1. The number of hydrogen-bond donors (Lipinski definition) is 1. The van der Waals surface area contributed by atoms with Gasteiger partial charge in [-0.15, -0.1) is 0 Å². The fourth-order valence-electron chi connectivity index (χ4n) is 6.66. The van der Waals surface area contributed by atoms with Crippen LogP contribution in [0.4, 0.5) is 0 Å². The number of rotatable bonds is 45. The topological polar surface area (TPSA) is 94.5 Å². The molecular formula is C48H91NO7. The summed E-state index contributed by atoms with van der Waals surface area (Å²) in [6.07, 6.45) is 40.1. The molecule has 0 radical (unpaired) electrons. The second-order valence-electron chi connectivity index (χ2n) is 15.6. The van der Waals surface area contributed by atoms with Crippen molar-refractivity contribution >= 4 is 11.9 Å². The molecule has 0 rings (SSSR count). The number of carbonyl (C=O) groups is 2. The van der Waals surface area contributed by atoms with E-state index < -0.39 is 0 Å². The van der Waals surface area contributed by atoms with E-state index in [-0.39, 0.29) is 24.8 Å². The first-order chi connectivity index (χ1) is 27.6. The zero-order valence-electron chi connectivity index (χ0n) is 37.1. The molecule has 0 saturated heterocycles. The van der Waals surface area contributed by atoms with Gasteiger partial charge in [0.25, 0.3) is 0 Å². The first-order valence-electron chi connectivity index (χ1n) is 23.7. The van der Waals surface area contributed by atoms with Crippen molar-refractivity contribution in [2.24, 2.45) is 0 Å². The predicted molar refractivity (Wildman–Crippen MR) is 235 cm³/mol. The van der Waals surface area contributed by atoms with Crippen molar-refractivity contribution < 1.29 is 33.6 Å². The highest BCUT2D eigenvalue weighted by Gasteiger charge is 2.14. The molecule has 0 aliphatic rings. The lowest BCUT2D eigenvalue weighted by atomic mass is 10.1. The molecule has 0 unspecified atom stereocenters. The van der Waals surface area contributed by atoms with E-state index in [9.17, 15) is 14.7 Å². The van der Waals surface area contributed by atoms with E-state index in [0.717, 1.165) is 142 Å². The van der Waals surface area contributed by atoms with Crippen LogP contribution in [0.5, 0.6) is 0 Å². The Balaban J connectivity index is 4.10. The zero-order chi connectivity index (χ0) is 40.8. The SMILES string of the molecule is CC/C=C\CCCCCOC(CCC(=O)OCCCCCCN(CCCO)CCCCCCCC(=O)OCCCCCCCCC)OCCCCC/C=C\CC. The molecule has 0 atom stereocenters. The molecule has 0 aliphatic heterocycles. The standard InChI is InChI=1S/C48H91NO7/c1-4-7-10-13-16-23-30-42-53-46(51)35-27-20-19-21-28-38-49(40-34-41-50)39-29-22-26-31-43-54-47(52)36-37-48(55-44-32-24-17-14-11-8-5-2)56-45-33-25-18-15-12-9-6-3/h8-9,11-12,48,50H,4-7,10,13-45H2,1-3H3/b11-8-,12-9-. The van der Waals surface area contributed by atoms with Crippen LogP contribution in [0.3, 0.4) is 0 Å². The first kappa shape index (κ1) is 54.3. The van der Waals surface area contributed by atoms with Gasteiger partial charge in [0.2, 0.25) is 0 Å². The lowest BCUT2D eigenvalue weighted by molar-refractivity contribution is -0.159. The summed E-state index contributed by atoms with van der Waals surface area (Å²) in [6.45, 7) is 12.2. The van der Waals surface area contributed by atoms with E-state index in [0.29, 0.717) is 45.7 Å². The summed E-state index contributed by atoms with van der Waals surface area (Å²) in [5, 5.41) is 9.38. The van der Waals surface area contributed by atoms with Gasteiger partial charge in [-0.2, -0.15) is 0 Å². The highest BCUT2D eigenvalue weighted by atomic mass is 16.7. The molecule has 1 N–H and O–H groups in total. The van der Waals surface area contributed by atoms with Gasteiger partial charge in [-0.3, -0.25) is 9.59 Å². The third-order valence-corrected chi connectivity index (χ3v) is 10.2. The van der Waals surface area contributed by atoms with Crippen LogP contribution in [0.15, 0.2) is 24.3 Å². The lowest BCUT2D eigenvalue weighted by Gasteiger charge is -2.22. The minimum absolute atomic E-state index is 0.0380. The Labute approximate surface area is 346 Å². The van der Waals surface area contributed by atoms with E-state index in [1.807, 2.05) is 0 Å². The molecule has 0 amide bonds. The molecule has 0 aliphatic carbocycles. The molecule has 8 heteroatoms. The average Bonchev–Trinajstić information content (AvgIpc) is 3.20. The molecule has 330 valence electrons. The molecule has 0 aromatic carbocycles. The Morgan fingerprint density at radius 1 is 0.482 bits per heavy atom. The minimum atomic E-state index is -0.351. The van der Waals surface area contributed by atoms with Crippen LogP contribution in [-0.2, 0) is 28.5 Å². The largest absolute Gasteiger partial charge is 0.466 e. The maximum absolute atomic E-state index is 12.5. The van der Waals surface area contributed by atoms with Gasteiger partial charge in [0, 0.05) is 39.2 Å². The molecule has 0 spiro atoms. The van der Waals surface area contributed by atoms with E-state index >= 15 is 0 Å². The van der Waals surface area contributed by atoms with Gasteiger partial charge in [-0.05, 0) is 103 Å². The van der Waals surface area contributed by atoms with Gasteiger partial charge in [-0.1, -0.05) is 129 Å². The zero-order valence-corrected chi connectivity index (χ0v) is 37.1. The molecule has 56 heavy (non-hydrogen) atoms. The summed E-state index contributed by atoms with van der Waals surface area (Å²) >= 11 is 0. The Morgan fingerprint density at radius 2 is 0.911 bits per heavy atom. The molecule has 0 bridgehead atoms. The molecule has 0 aromatic rings. The molecule has 0 saturated carbocycles. The third-order valence-electron chi connectivity index (χ3n) is 10.2.